The summed E-state index contributed by atoms with van der Waals surface area (Å²) in [5.41, 5.74) is 0.800. The summed E-state index contributed by atoms with van der Waals surface area (Å²) in [5, 5.41) is 22.1. The predicted octanol–water partition coefficient (Wildman–Crippen LogP) is 2.27. The average Bonchev–Trinajstić information content (AvgIpc) is 2.59. The van der Waals surface area contributed by atoms with Gasteiger partial charge in [-0.1, -0.05) is 20.3 Å². The number of fused-ring (bicyclic) bond motifs is 1. The quantitative estimate of drug-likeness (QED) is 0.680. The molecule has 1 aromatic carbocycles. The number of rotatable bonds is 6. The molecule has 0 aliphatic rings. The van der Waals surface area contributed by atoms with Gasteiger partial charge in [-0.25, -0.2) is 9.59 Å². The largest absolute Gasteiger partial charge is 0.508 e. The molecular formula is C19H23NO6. The maximum absolute atomic E-state index is 12.3. The first kappa shape index (κ1) is 19.5. The van der Waals surface area contributed by atoms with E-state index in [4.69, 9.17) is 4.42 Å². The van der Waals surface area contributed by atoms with Crippen LogP contribution in [0.5, 0.6) is 5.75 Å². The summed E-state index contributed by atoms with van der Waals surface area (Å²) in [6.45, 7) is 6.91. The summed E-state index contributed by atoms with van der Waals surface area (Å²) >= 11 is 0. The topological polar surface area (TPSA) is 117 Å². The minimum atomic E-state index is -1.11. The molecule has 0 bridgehead atoms. The number of carbonyl (C=O) groups is 2. The van der Waals surface area contributed by atoms with Gasteiger partial charge in [0.25, 0.3) is 0 Å². The van der Waals surface area contributed by atoms with E-state index in [1.165, 1.54) is 6.07 Å². The van der Waals surface area contributed by atoms with E-state index in [0.29, 0.717) is 22.9 Å². The highest BCUT2D eigenvalue weighted by atomic mass is 16.4. The number of aryl methyl sites for hydroxylation is 2. The van der Waals surface area contributed by atoms with Gasteiger partial charge in [0.05, 0.1) is 12.0 Å². The highest BCUT2D eigenvalue weighted by molar-refractivity contribution is 5.88. The molecule has 2 atom stereocenters. The van der Waals surface area contributed by atoms with Crippen LogP contribution in [0.1, 0.15) is 37.0 Å². The molecule has 0 fully saturated rings. The van der Waals surface area contributed by atoms with Crippen molar-refractivity contribution in [3.05, 3.63) is 39.2 Å². The molecule has 2 unspecified atom stereocenters. The zero-order valence-corrected chi connectivity index (χ0v) is 15.3. The minimum Gasteiger partial charge on any atom is -0.508 e. The van der Waals surface area contributed by atoms with Crippen molar-refractivity contribution in [1.82, 2.24) is 5.32 Å². The molecule has 0 saturated heterocycles. The van der Waals surface area contributed by atoms with E-state index in [2.05, 4.69) is 5.32 Å². The van der Waals surface area contributed by atoms with Crippen molar-refractivity contribution < 1.29 is 24.2 Å². The third-order valence-corrected chi connectivity index (χ3v) is 4.81. The normalized spacial score (nSPS) is 13.4. The van der Waals surface area contributed by atoms with Gasteiger partial charge in [-0.2, -0.15) is 0 Å². The smallest absolute Gasteiger partial charge is 0.340 e. The molecule has 0 spiro atoms. The molecule has 0 aliphatic carbocycles. The number of amides is 1. The number of phenolic OH excluding ortho intramolecular Hbond substituents is 1. The lowest BCUT2D eigenvalue weighted by Crippen LogP contribution is -2.45. The molecule has 2 rings (SSSR count). The van der Waals surface area contributed by atoms with Gasteiger partial charge in [-0.15, -0.1) is 0 Å². The summed E-state index contributed by atoms with van der Waals surface area (Å²) in [4.78, 5) is 36.0. The molecule has 1 amide bonds. The van der Waals surface area contributed by atoms with Crippen LogP contribution in [-0.4, -0.2) is 28.1 Å². The van der Waals surface area contributed by atoms with Crippen LogP contribution in [0.4, 0.5) is 0 Å². The number of hydrogen-bond donors (Lipinski definition) is 3. The fourth-order valence-electron chi connectivity index (χ4n) is 2.85. The lowest BCUT2D eigenvalue weighted by atomic mass is 9.98. The Morgan fingerprint density at radius 3 is 2.46 bits per heavy atom. The van der Waals surface area contributed by atoms with Crippen LogP contribution in [0, 0.1) is 19.8 Å². The second-order valence-electron chi connectivity index (χ2n) is 6.53. The van der Waals surface area contributed by atoms with Crippen LogP contribution in [-0.2, 0) is 16.0 Å². The van der Waals surface area contributed by atoms with Crippen molar-refractivity contribution in [2.75, 3.05) is 0 Å². The molecule has 7 nitrogen and oxygen atoms in total. The molecule has 0 saturated carbocycles. The zero-order valence-electron chi connectivity index (χ0n) is 15.3. The number of carbonyl (C=O) groups excluding carboxylic acids is 1. The predicted molar refractivity (Wildman–Crippen MR) is 96.3 cm³/mol. The SMILES string of the molecule is CCC(C)C(NC(=O)Cc1c(C)c2ccc(O)c(C)c2oc1=O)C(=O)O. The van der Waals surface area contributed by atoms with Gasteiger partial charge in [0.1, 0.15) is 17.4 Å². The van der Waals surface area contributed by atoms with E-state index in [1.807, 2.05) is 6.92 Å². The van der Waals surface area contributed by atoms with Crippen molar-refractivity contribution in [2.45, 2.75) is 46.6 Å². The Morgan fingerprint density at radius 1 is 1.23 bits per heavy atom. The number of nitrogens with one attached hydrogen (secondary N) is 1. The van der Waals surface area contributed by atoms with E-state index in [1.54, 1.807) is 26.8 Å². The van der Waals surface area contributed by atoms with Gasteiger partial charge in [-0.3, -0.25) is 4.79 Å². The molecule has 2 aromatic rings. The van der Waals surface area contributed by atoms with Crippen LogP contribution in [0.15, 0.2) is 21.3 Å². The van der Waals surface area contributed by atoms with Crippen LogP contribution in [0.2, 0.25) is 0 Å². The number of phenols is 1. The Labute approximate surface area is 150 Å². The molecular weight excluding hydrogens is 338 g/mol. The van der Waals surface area contributed by atoms with Crippen LogP contribution in [0.3, 0.4) is 0 Å². The summed E-state index contributed by atoms with van der Waals surface area (Å²) in [7, 11) is 0. The monoisotopic (exact) mass is 361 g/mol. The highest BCUT2D eigenvalue weighted by Gasteiger charge is 2.26. The molecule has 140 valence electrons. The van der Waals surface area contributed by atoms with Gasteiger partial charge in [0.15, 0.2) is 0 Å². The molecule has 1 heterocycles. The van der Waals surface area contributed by atoms with Gasteiger partial charge >= 0.3 is 11.6 Å². The molecule has 1 aromatic heterocycles. The van der Waals surface area contributed by atoms with E-state index < -0.39 is 23.5 Å². The van der Waals surface area contributed by atoms with E-state index in [9.17, 15) is 24.6 Å². The maximum Gasteiger partial charge on any atom is 0.340 e. The molecule has 7 heteroatoms. The van der Waals surface area contributed by atoms with Crippen LogP contribution in [0.25, 0.3) is 11.0 Å². The van der Waals surface area contributed by atoms with Crippen LogP contribution >= 0.6 is 0 Å². The van der Waals surface area contributed by atoms with Crippen molar-refractivity contribution in [2.24, 2.45) is 5.92 Å². The van der Waals surface area contributed by atoms with Crippen molar-refractivity contribution in [3.63, 3.8) is 0 Å². The molecule has 26 heavy (non-hydrogen) atoms. The summed E-state index contributed by atoms with van der Waals surface area (Å²) < 4.78 is 5.30. The average molecular weight is 361 g/mol. The first-order valence-electron chi connectivity index (χ1n) is 8.44. The lowest BCUT2D eigenvalue weighted by Gasteiger charge is -2.20. The number of aliphatic carboxylic acids is 1. The number of aromatic hydroxyl groups is 1. The zero-order chi connectivity index (χ0) is 19.6. The number of benzene rings is 1. The summed E-state index contributed by atoms with van der Waals surface area (Å²) in [5.74, 6) is -1.89. The maximum atomic E-state index is 12.3. The van der Waals surface area contributed by atoms with Crippen molar-refractivity contribution >= 4 is 22.8 Å². The summed E-state index contributed by atoms with van der Waals surface area (Å²) in [6.07, 6.45) is 0.321. The molecule has 3 N–H and O–H groups in total. The third kappa shape index (κ3) is 3.71. The standard InChI is InChI=1S/C19H23NO6/c1-5-9(2)16(18(23)24)20-15(22)8-13-10(3)12-6-7-14(21)11(4)17(12)26-19(13)25/h6-7,9,16,21H,5,8H2,1-4H3,(H,20,22)(H,23,24). The second kappa shape index (κ2) is 7.59. The van der Waals surface area contributed by atoms with Gasteiger partial charge in [0.2, 0.25) is 5.91 Å². The Hall–Kier alpha value is -2.83. The minimum absolute atomic E-state index is 0.0170. The van der Waals surface area contributed by atoms with E-state index >= 15 is 0 Å². The van der Waals surface area contributed by atoms with Gasteiger partial charge in [-0.05, 0) is 37.5 Å². The fourth-order valence-corrected chi connectivity index (χ4v) is 2.85. The van der Waals surface area contributed by atoms with Gasteiger partial charge < -0.3 is 19.9 Å². The molecule has 0 aliphatic heterocycles. The van der Waals surface area contributed by atoms with Crippen LogP contribution < -0.4 is 10.9 Å². The van der Waals surface area contributed by atoms with Crippen molar-refractivity contribution in [1.29, 1.82) is 0 Å². The van der Waals surface area contributed by atoms with Gasteiger partial charge in [0, 0.05) is 10.9 Å². The summed E-state index contributed by atoms with van der Waals surface area (Å²) in [6, 6.07) is 2.11. The Morgan fingerprint density at radius 2 is 1.88 bits per heavy atom. The number of carboxylic acid groups (broad SMARTS) is 1. The third-order valence-electron chi connectivity index (χ3n) is 4.81. The van der Waals surface area contributed by atoms with Crippen molar-refractivity contribution in [3.8, 4) is 5.75 Å². The molecule has 0 radical (unpaired) electrons. The van der Waals surface area contributed by atoms with E-state index in [0.717, 1.165) is 0 Å². The Kier molecular flexibility index (Phi) is 5.69. The first-order chi connectivity index (χ1) is 12.2. The highest BCUT2D eigenvalue weighted by Crippen LogP contribution is 2.28. The number of carboxylic acids is 1. The lowest BCUT2D eigenvalue weighted by molar-refractivity contribution is -0.143. The fraction of sp³-hybridized carbons (Fsp3) is 0.421. The first-order valence-corrected chi connectivity index (χ1v) is 8.44. The number of hydrogen-bond acceptors (Lipinski definition) is 5. The Balaban J connectivity index is 2.36. The van der Waals surface area contributed by atoms with E-state index in [-0.39, 0.29) is 29.2 Å². The second-order valence-corrected chi connectivity index (χ2v) is 6.53. The Bertz CT molecular complexity index is 914.